The van der Waals surface area contributed by atoms with E-state index in [0.717, 1.165) is 29.7 Å². The number of alkyl halides is 1. The SMILES string of the molecule is CCn1nc(Cn2cc(CCBr)nn2)c2ccccc21. The van der Waals surface area contributed by atoms with Crippen LogP contribution in [0.4, 0.5) is 0 Å². The molecule has 0 bridgehead atoms. The lowest BCUT2D eigenvalue weighted by atomic mass is 10.2. The number of hydrogen-bond acceptors (Lipinski definition) is 3. The Hall–Kier alpha value is -1.69. The number of aryl methyl sites for hydroxylation is 2. The lowest BCUT2D eigenvalue weighted by Gasteiger charge is -1.96. The lowest BCUT2D eigenvalue weighted by Crippen LogP contribution is -2.03. The zero-order chi connectivity index (χ0) is 13.9. The number of aromatic nitrogens is 5. The summed E-state index contributed by atoms with van der Waals surface area (Å²) < 4.78 is 3.88. The van der Waals surface area contributed by atoms with Crippen LogP contribution in [0, 0.1) is 0 Å². The molecule has 0 unspecified atom stereocenters. The van der Waals surface area contributed by atoms with E-state index in [2.05, 4.69) is 50.4 Å². The monoisotopic (exact) mass is 333 g/mol. The number of rotatable bonds is 5. The summed E-state index contributed by atoms with van der Waals surface area (Å²) in [6.07, 6.45) is 2.88. The first kappa shape index (κ1) is 13.3. The molecule has 5 nitrogen and oxygen atoms in total. The minimum absolute atomic E-state index is 0.656. The molecule has 0 amide bonds. The molecule has 104 valence electrons. The molecule has 0 atom stereocenters. The van der Waals surface area contributed by atoms with Crippen LogP contribution in [0.15, 0.2) is 30.5 Å². The van der Waals surface area contributed by atoms with E-state index in [1.807, 2.05) is 27.7 Å². The maximum atomic E-state index is 4.68. The fraction of sp³-hybridized carbons (Fsp3) is 0.357. The van der Waals surface area contributed by atoms with Gasteiger partial charge >= 0.3 is 0 Å². The van der Waals surface area contributed by atoms with Gasteiger partial charge in [-0.25, -0.2) is 4.68 Å². The number of halogens is 1. The molecule has 0 radical (unpaired) electrons. The molecule has 20 heavy (non-hydrogen) atoms. The Morgan fingerprint density at radius 1 is 1.25 bits per heavy atom. The Bertz CT molecular complexity index is 715. The molecular formula is C14H16BrN5. The van der Waals surface area contributed by atoms with Gasteiger partial charge in [-0.3, -0.25) is 4.68 Å². The first-order valence-electron chi connectivity index (χ1n) is 6.71. The summed E-state index contributed by atoms with van der Waals surface area (Å²) in [6, 6.07) is 8.31. The highest BCUT2D eigenvalue weighted by atomic mass is 79.9. The smallest absolute Gasteiger partial charge is 0.0918 e. The minimum Gasteiger partial charge on any atom is -0.265 e. The van der Waals surface area contributed by atoms with Crippen molar-refractivity contribution in [2.24, 2.45) is 0 Å². The average molecular weight is 334 g/mol. The highest BCUT2D eigenvalue weighted by Crippen LogP contribution is 2.19. The highest BCUT2D eigenvalue weighted by molar-refractivity contribution is 9.09. The second kappa shape index (κ2) is 5.75. The van der Waals surface area contributed by atoms with Crippen molar-refractivity contribution >= 4 is 26.8 Å². The lowest BCUT2D eigenvalue weighted by molar-refractivity contribution is 0.611. The van der Waals surface area contributed by atoms with E-state index in [1.165, 1.54) is 10.9 Å². The van der Waals surface area contributed by atoms with E-state index >= 15 is 0 Å². The van der Waals surface area contributed by atoms with E-state index < -0.39 is 0 Å². The second-order valence-corrected chi connectivity index (χ2v) is 5.42. The van der Waals surface area contributed by atoms with Crippen LogP contribution in [0.1, 0.15) is 18.3 Å². The van der Waals surface area contributed by atoms with Crippen molar-refractivity contribution in [3.05, 3.63) is 41.9 Å². The number of hydrogen-bond donors (Lipinski definition) is 0. The number of benzene rings is 1. The van der Waals surface area contributed by atoms with Crippen LogP contribution >= 0.6 is 15.9 Å². The predicted molar refractivity (Wildman–Crippen MR) is 82.0 cm³/mol. The Morgan fingerprint density at radius 2 is 2.10 bits per heavy atom. The van der Waals surface area contributed by atoms with Gasteiger partial charge in [0.15, 0.2) is 0 Å². The number of fused-ring (bicyclic) bond motifs is 1. The van der Waals surface area contributed by atoms with E-state index in [4.69, 9.17) is 0 Å². The number of para-hydroxylation sites is 1. The van der Waals surface area contributed by atoms with Crippen LogP contribution < -0.4 is 0 Å². The van der Waals surface area contributed by atoms with Crippen molar-refractivity contribution in [3.8, 4) is 0 Å². The van der Waals surface area contributed by atoms with Crippen molar-refractivity contribution in [3.63, 3.8) is 0 Å². The van der Waals surface area contributed by atoms with Crippen molar-refractivity contribution in [1.29, 1.82) is 0 Å². The van der Waals surface area contributed by atoms with Gasteiger partial charge in [0.2, 0.25) is 0 Å². The number of nitrogens with zero attached hydrogens (tertiary/aromatic N) is 5. The zero-order valence-corrected chi connectivity index (χ0v) is 12.9. The third-order valence-electron chi connectivity index (χ3n) is 3.28. The van der Waals surface area contributed by atoms with Crippen LogP contribution in [0.5, 0.6) is 0 Å². The minimum atomic E-state index is 0.656. The molecule has 1 aromatic carbocycles. The maximum Gasteiger partial charge on any atom is 0.0918 e. The van der Waals surface area contributed by atoms with E-state index in [0.29, 0.717) is 6.54 Å². The topological polar surface area (TPSA) is 48.5 Å². The second-order valence-electron chi connectivity index (χ2n) is 4.63. The molecule has 3 aromatic rings. The molecule has 0 saturated carbocycles. The molecule has 0 spiro atoms. The molecule has 2 heterocycles. The highest BCUT2D eigenvalue weighted by Gasteiger charge is 2.10. The van der Waals surface area contributed by atoms with Crippen molar-refractivity contribution in [1.82, 2.24) is 24.8 Å². The van der Waals surface area contributed by atoms with Crippen LogP contribution in [-0.4, -0.2) is 30.1 Å². The molecule has 0 aliphatic carbocycles. The molecule has 0 aliphatic rings. The van der Waals surface area contributed by atoms with Crippen LogP contribution in [0.2, 0.25) is 0 Å². The van der Waals surface area contributed by atoms with E-state index in [-0.39, 0.29) is 0 Å². The zero-order valence-electron chi connectivity index (χ0n) is 11.3. The van der Waals surface area contributed by atoms with Crippen molar-refractivity contribution in [2.45, 2.75) is 26.4 Å². The summed E-state index contributed by atoms with van der Waals surface area (Å²) in [5.74, 6) is 0. The first-order chi connectivity index (χ1) is 9.81. The Kier molecular flexibility index (Phi) is 3.82. The van der Waals surface area contributed by atoms with Crippen LogP contribution in [-0.2, 0) is 19.5 Å². The van der Waals surface area contributed by atoms with Crippen LogP contribution in [0.25, 0.3) is 10.9 Å². The summed E-state index contributed by atoms with van der Waals surface area (Å²) in [5, 5.41) is 15.1. The van der Waals surface area contributed by atoms with Gasteiger partial charge in [0.1, 0.15) is 0 Å². The van der Waals surface area contributed by atoms with E-state index in [1.54, 1.807) is 0 Å². The van der Waals surface area contributed by atoms with Gasteiger partial charge in [-0.2, -0.15) is 5.10 Å². The predicted octanol–water partition coefficient (Wildman–Crippen LogP) is 2.63. The molecule has 6 heteroatoms. The third kappa shape index (κ3) is 2.47. The fourth-order valence-electron chi connectivity index (χ4n) is 2.33. The van der Waals surface area contributed by atoms with Gasteiger partial charge < -0.3 is 0 Å². The summed E-state index contributed by atoms with van der Waals surface area (Å²) in [6.45, 7) is 3.63. The van der Waals surface area contributed by atoms with Gasteiger partial charge in [-0.05, 0) is 13.0 Å². The van der Waals surface area contributed by atoms with Gasteiger partial charge in [0.05, 0.1) is 23.4 Å². The molecule has 0 aliphatic heterocycles. The van der Waals surface area contributed by atoms with Gasteiger partial charge in [-0.15, -0.1) is 5.10 Å². The van der Waals surface area contributed by atoms with Gasteiger partial charge in [0.25, 0.3) is 0 Å². The normalized spacial score (nSPS) is 11.3. The molecular weight excluding hydrogens is 318 g/mol. The summed E-state index contributed by atoms with van der Waals surface area (Å²) >= 11 is 3.41. The molecule has 0 saturated heterocycles. The van der Waals surface area contributed by atoms with E-state index in [9.17, 15) is 0 Å². The van der Waals surface area contributed by atoms with Gasteiger partial charge in [0, 0.05) is 29.9 Å². The molecule has 2 aromatic heterocycles. The molecule has 3 rings (SSSR count). The Morgan fingerprint density at radius 3 is 2.90 bits per heavy atom. The third-order valence-corrected chi connectivity index (χ3v) is 3.68. The quantitative estimate of drug-likeness (QED) is 0.674. The summed E-state index contributed by atoms with van der Waals surface area (Å²) in [5.41, 5.74) is 3.21. The molecule has 0 N–H and O–H groups in total. The molecule has 0 fully saturated rings. The summed E-state index contributed by atoms with van der Waals surface area (Å²) in [4.78, 5) is 0. The maximum absolute atomic E-state index is 4.68. The van der Waals surface area contributed by atoms with Crippen molar-refractivity contribution < 1.29 is 0 Å². The Balaban J connectivity index is 1.93. The Labute approximate surface area is 125 Å². The van der Waals surface area contributed by atoms with Crippen LogP contribution in [0.3, 0.4) is 0 Å². The average Bonchev–Trinajstić information content (AvgIpc) is 3.05. The fourth-order valence-corrected chi connectivity index (χ4v) is 2.74. The van der Waals surface area contributed by atoms with Gasteiger partial charge in [-0.1, -0.05) is 39.3 Å². The standard InChI is InChI=1S/C14H16BrN5/c1-2-20-14-6-4-3-5-12(14)13(17-20)10-19-9-11(7-8-15)16-18-19/h3-6,9H,2,7-8,10H2,1H3. The van der Waals surface area contributed by atoms with Crippen molar-refractivity contribution in [2.75, 3.05) is 5.33 Å². The first-order valence-corrected chi connectivity index (χ1v) is 7.83. The largest absolute Gasteiger partial charge is 0.265 e. The summed E-state index contributed by atoms with van der Waals surface area (Å²) in [7, 11) is 0.